The van der Waals surface area contributed by atoms with E-state index in [4.69, 9.17) is 5.73 Å². The van der Waals surface area contributed by atoms with Gasteiger partial charge in [0.2, 0.25) is 11.8 Å². The molecule has 1 aliphatic carbocycles. The van der Waals surface area contributed by atoms with E-state index in [0.29, 0.717) is 0 Å². The number of nitrogen functional groups attached to an aromatic ring is 1. The van der Waals surface area contributed by atoms with E-state index in [0.717, 1.165) is 31.1 Å². The number of benzene rings is 1. The van der Waals surface area contributed by atoms with Crippen LogP contribution in [0.15, 0.2) is 24.4 Å². The largest absolute Gasteiger partial charge is 0.368 e. The molecule has 3 rings (SSSR count). The summed E-state index contributed by atoms with van der Waals surface area (Å²) in [7, 11) is 0. The van der Waals surface area contributed by atoms with E-state index in [1.165, 1.54) is 11.1 Å². The molecule has 0 saturated carbocycles. The second-order valence-electron chi connectivity index (χ2n) is 4.68. The molecule has 1 aliphatic rings. The molecule has 0 saturated heterocycles. The van der Waals surface area contributed by atoms with Crippen LogP contribution in [0.5, 0.6) is 0 Å². The van der Waals surface area contributed by atoms with Crippen LogP contribution in [0.1, 0.15) is 17.5 Å². The van der Waals surface area contributed by atoms with E-state index in [1.54, 1.807) is 0 Å². The van der Waals surface area contributed by atoms with E-state index in [9.17, 15) is 10.1 Å². The Bertz CT molecular complexity index is 686. The summed E-state index contributed by atoms with van der Waals surface area (Å²) in [6.45, 7) is 0. The second kappa shape index (κ2) is 4.76. The minimum atomic E-state index is -0.533. The second-order valence-corrected chi connectivity index (χ2v) is 4.68. The maximum atomic E-state index is 11.0. The molecule has 0 spiro atoms. The van der Waals surface area contributed by atoms with Gasteiger partial charge in [-0.25, -0.2) is 4.98 Å². The molecule has 7 heteroatoms. The molecular formula is C13H13N5O2. The first-order chi connectivity index (χ1) is 9.63. The Morgan fingerprint density at radius 3 is 2.90 bits per heavy atom. The lowest BCUT2D eigenvalue weighted by Crippen LogP contribution is -2.04. The summed E-state index contributed by atoms with van der Waals surface area (Å²) in [4.78, 5) is 18.0. The maximum Gasteiger partial charge on any atom is 0.329 e. The minimum absolute atomic E-state index is 0.000685. The van der Waals surface area contributed by atoms with Gasteiger partial charge in [0.15, 0.2) is 0 Å². The van der Waals surface area contributed by atoms with Gasteiger partial charge in [0.1, 0.15) is 6.20 Å². The van der Waals surface area contributed by atoms with Crippen molar-refractivity contribution < 1.29 is 4.92 Å². The summed E-state index contributed by atoms with van der Waals surface area (Å²) < 4.78 is 0. The van der Waals surface area contributed by atoms with Gasteiger partial charge in [-0.2, -0.15) is 4.98 Å². The van der Waals surface area contributed by atoms with E-state index >= 15 is 0 Å². The van der Waals surface area contributed by atoms with Crippen LogP contribution in [0.4, 0.5) is 23.1 Å². The number of anilines is 3. The summed E-state index contributed by atoms with van der Waals surface area (Å²) >= 11 is 0. The number of nitrogens with two attached hydrogens (primary N) is 1. The monoisotopic (exact) mass is 271 g/mol. The standard InChI is InChI=1S/C13H13N5O2/c14-13-15-7-11(18(19)20)12(17-13)16-10-5-4-8-2-1-3-9(8)6-10/h4-7H,1-3H2,(H3,14,15,16,17). The molecule has 0 unspecified atom stereocenters. The van der Waals surface area contributed by atoms with Crippen molar-refractivity contribution in [3.05, 3.63) is 45.6 Å². The fraction of sp³-hybridized carbons (Fsp3) is 0.231. The van der Waals surface area contributed by atoms with Gasteiger partial charge >= 0.3 is 5.69 Å². The lowest BCUT2D eigenvalue weighted by Gasteiger charge is -2.08. The van der Waals surface area contributed by atoms with Crippen LogP contribution in [-0.2, 0) is 12.8 Å². The molecule has 20 heavy (non-hydrogen) atoms. The average molecular weight is 271 g/mol. The highest BCUT2D eigenvalue weighted by Crippen LogP contribution is 2.29. The first kappa shape index (κ1) is 12.3. The highest BCUT2D eigenvalue weighted by Gasteiger charge is 2.18. The summed E-state index contributed by atoms with van der Waals surface area (Å²) in [5, 5.41) is 13.9. The third kappa shape index (κ3) is 2.25. The van der Waals surface area contributed by atoms with Gasteiger partial charge in [-0.1, -0.05) is 6.07 Å². The number of aromatic nitrogens is 2. The summed E-state index contributed by atoms with van der Waals surface area (Å²) in [5.74, 6) is 0.111. The van der Waals surface area contributed by atoms with Crippen molar-refractivity contribution in [2.75, 3.05) is 11.1 Å². The lowest BCUT2D eigenvalue weighted by molar-refractivity contribution is -0.384. The van der Waals surface area contributed by atoms with Crippen molar-refractivity contribution in [2.45, 2.75) is 19.3 Å². The quantitative estimate of drug-likeness (QED) is 0.654. The maximum absolute atomic E-state index is 11.0. The summed E-state index contributed by atoms with van der Waals surface area (Å²) in [6, 6.07) is 5.94. The van der Waals surface area contributed by atoms with Crippen LogP contribution in [-0.4, -0.2) is 14.9 Å². The molecule has 2 aromatic rings. The van der Waals surface area contributed by atoms with Crippen LogP contribution in [0, 0.1) is 10.1 Å². The van der Waals surface area contributed by atoms with Crippen molar-refractivity contribution in [2.24, 2.45) is 0 Å². The van der Waals surface area contributed by atoms with Gasteiger partial charge in [-0.3, -0.25) is 10.1 Å². The molecule has 0 aliphatic heterocycles. The Hall–Kier alpha value is -2.70. The Morgan fingerprint density at radius 1 is 1.30 bits per heavy atom. The lowest BCUT2D eigenvalue weighted by atomic mass is 10.1. The molecule has 102 valence electrons. The third-order valence-corrected chi connectivity index (χ3v) is 3.35. The Kier molecular flexibility index (Phi) is 2.94. The van der Waals surface area contributed by atoms with Crippen molar-refractivity contribution >= 4 is 23.1 Å². The van der Waals surface area contributed by atoms with Crippen LogP contribution in [0.3, 0.4) is 0 Å². The zero-order valence-electron chi connectivity index (χ0n) is 10.7. The van der Waals surface area contributed by atoms with Gasteiger partial charge in [-0.05, 0) is 42.5 Å². The number of nitrogens with zero attached hydrogens (tertiary/aromatic N) is 3. The molecule has 0 bridgehead atoms. The number of hydrogen-bond acceptors (Lipinski definition) is 6. The van der Waals surface area contributed by atoms with Gasteiger partial charge in [0, 0.05) is 5.69 Å². The van der Waals surface area contributed by atoms with Crippen LogP contribution in [0.2, 0.25) is 0 Å². The molecule has 1 heterocycles. The van der Waals surface area contributed by atoms with Crippen molar-refractivity contribution in [1.82, 2.24) is 9.97 Å². The number of fused-ring (bicyclic) bond motifs is 1. The SMILES string of the molecule is Nc1ncc([N+](=O)[O-])c(Nc2ccc3c(c2)CCC3)n1. The van der Waals surface area contributed by atoms with Crippen molar-refractivity contribution in [1.29, 1.82) is 0 Å². The van der Waals surface area contributed by atoms with Gasteiger partial charge in [0.25, 0.3) is 0 Å². The van der Waals surface area contributed by atoms with Crippen LogP contribution < -0.4 is 11.1 Å². The van der Waals surface area contributed by atoms with E-state index in [-0.39, 0.29) is 17.5 Å². The van der Waals surface area contributed by atoms with Crippen LogP contribution >= 0.6 is 0 Å². The van der Waals surface area contributed by atoms with Gasteiger partial charge < -0.3 is 11.1 Å². The topological polar surface area (TPSA) is 107 Å². The number of nitro groups is 1. The fourth-order valence-corrected chi connectivity index (χ4v) is 2.40. The Morgan fingerprint density at radius 2 is 2.10 bits per heavy atom. The zero-order chi connectivity index (χ0) is 14.1. The highest BCUT2D eigenvalue weighted by atomic mass is 16.6. The van der Waals surface area contributed by atoms with E-state index < -0.39 is 4.92 Å². The predicted octanol–water partition coefficient (Wildman–Crippen LogP) is 2.20. The fourth-order valence-electron chi connectivity index (χ4n) is 2.40. The molecule has 1 aromatic carbocycles. The summed E-state index contributed by atoms with van der Waals surface area (Å²) in [5.41, 5.74) is 8.68. The zero-order valence-corrected chi connectivity index (χ0v) is 10.7. The molecule has 0 fully saturated rings. The first-order valence-electron chi connectivity index (χ1n) is 6.29. The van der Waals surface area contributed by atoms with E-state index in [1.807, 2.05) is 18.2 Å². The molecule has 3 N–H and O–H groups in total. The normalized spacial score (nSPS) is 13.0. The summed E-state index contributed by atoms with van der Waals surface area (Å²) in [6.07, 6.45) is 4.40. The van der Waals surface area contributed by atoms with E-state index in [2.05, 4.69) is 15.3 Å². The predicted molar refractivity (Wildman–Crippen MR) is 74.8 cm³/mol. The Labute approximate surface area is 115 Å². The van der Waals surface area contributed by atoms with Gasteiger partial charge in [-0.15, -0.1) is 0 Å². The smallest absolute Gasteiger partial charge is 0.329 e. The molecule has 0 atom stereocenters. The van der Waals surface area contributed by atoms with Crippen LogP contribution in [0.25, 0.3) is 0 Å². The third-order valence-electron chi connectivity index (χ3n) is 3.35. The minimum Gasteiger partial charge on any atom is -0.368 e. The molecule has 0 amide bonds. The molecule has 1 aromatic heterocycles. The Balaban J connectivity index is 1.95. The number of aryl methyl sites for hydroxylation is 2. The van der Waals surface area contributed by atoms with Crippen molar-refractivity contribution in [3.63, 3.8) is 0 Å². The molecular weight excluding hydrogens is 258 g/mol. The number of hydrogen-bond donors (Lipinski definition) is 2. The molecule has 7 nitrogen and oxygen atoms in total. The molecule has 0 radical (unpaired) electrons. The highest BCUT2D eigenvalue weighted by molar-refractivity contribution is 5.66. The van der Waals surface area contributed by atoms with Crippen molar-refractivity contribution in [3.8, 4) is 0 Å². The number of nitrogens with one attached hydrogen (secondary N) is 1. The number of rotatable bonds is 3. The van der Waals surface area contributed by atoms with Gasteiger partial charge in [0.05, 0.1) is 4.92 Å². The average Bonchev–Trinajstić information content (AvgIpc) is 2.85. The first-order valence-corrected chi connectivity index (χ1v) is 6.29.